The molecule has 1 fully saturated rings. The third kappa shape index (κ3) is 4.94. The Bertz CT molecular complexity index is 859. The molecular weight excluding hydrogens is 393 g/mol. The lowest BCUT2D eigenvalue weighted by Crippen LogP contribution is -2.31. The molecule has 9 heteroatoms. The lowest BCUT2D eigenvalue weighted by Gasteiger charge is -2.23. The maximum Gasteiger partial charge on any atom is 0.416 e. The van der Waals surface area contributed by atoms with Gasteiger partial charge in [0.05, 0.1) is 5.56 Å². The third-order valence-corrected chi connectivity index (χ3v) is 4.96. The largest absolute Gasteiger partial charge is 0.416 e. The number of rotatable bonds is 4. The van der Waals surface area contributed by atoms with Crippen molar-refractivity contribution < 1.29 is 18.0 Å². The van der Waals surface area contributed by atoms with Crippen molar-refractivity contribution in [3.8, 4) is 0 Å². The predicted octanol–water partition coefficient (Wildman–Crippen LogP) is 3.37. The van der Waals surface area contributed by atoms with E-state index in [0.717, 1.165) is 18.6 Å². The van der Waals surface area contributed by atoms with E-state index >= 15 is 0 Å². The topological polar surface area (TPSA) is 62.5 Å². The molecule has 2 aromatic rings. The fraction of sp³-hybridized carbons (Fsp3) is 0.368. The summed E-state index contributed by atoms with van der Waals surface area (Å²) in [6.07, 6.45) is -3.61. The van der Waals surface area contributed by atoms with Crippen molar-refractivity contribution in [2.75, 3.05) is 31.1 Å². The molecule has 0 bridgehead atoms. The van der Waals surface area contributed by atoms with Gasteiger partial charge in [-0.25, -0.2) is 4.98 Å². The highest BCUT2D eigenvalue weighted by molar-refractivity contribution is 6.31. The molecule has 0 saturated carbocycles. The predicted molar refractivity (Wildman–Crippen MR) is 100 cm³/mol. The number of alkyl halides is 3. The van der Waals surface area contributed by atoms with Crippen LogP contribution in [0.1, 0.15) is 28.0 Å². The Morgan fingerprint density at radius 1 is 1.21 bits per heavy atom. The van der Waals surface area contributed by atoms with Crippen LogP contribution in [0.3, 0.4) is 0 Å². The Balaban J connectivity index is 1.69. The van der Waals surface area contributed by atoms with Gasteiger partial charge in [0, 0.05) is 43.8 Å². The Morgan fingerprint density at radius 3 is 2.71 bits per heavy atom. The van der Waals surface area contributed by atoms with Gasteiger partial charge in [0.15, 0.2) is 0 Å². The molecule has 5 nitrogen and oxygen atoms in total. The first kappa shape index (κ1) is 20.4. The van der Waals surface area contributed by atoms with Gasteiger partial charge >= 0.3 is 6.18 Å². The van der Waals surface area contributed by atoms with Gasteiger partial charge in [-0.3, -0.25) is 9.69 Å². The fourth-order valence-electron chi connectivity index (χ4n) is 3.15. The number of nitrogens with zero attached hydrogens (tertiary/aromatic N) is 3. The van der Waals surface area contributed by atoms with Crippen LogP contribution in [0.15, 0.2) is 30.3 Å². The van der Waals surface area contributed by atoms with Crippen LogP contribution < -0.4 is 10.6 Å². The van der Waals surface area contributed by atoms with E-state index < -0.39 is 17.6 Å². The van der Waals surface area contributed by atoms with Crippen molar-refractivity contribution in [2.45, 2.75) is 19.1 Å². The SMILES string of the molecule is NC(=O)c1[c]ccc(N2CCCN(Cc3cc(C(F)(F)F)ccc3Cl)CC2)n1. The molecule has 1 aromatic carbocycles. The monoisotopic (exact) mass is 411 g/mol. The molecule has 2 N–H and O–H groups in total. The Kier molecular flexibility index (Phi) is 6.10. The molecule has 1 radical (unpaired) electrons. The molecule has 1 amide bonds. The molecule has 0 atom stereocenters. The highest BCUT2D eigenvalue weighted by Crippen LogP contribution is 2.32. The molecule has 1 saturated heterocycles. The number of halogens is 4. The maximum atomic E-state index is 13.0. The van der Waals surface area contributed by atoms with Gasteiger partial charge in [-0.1, -0.05) is 11.6 Å². The number of aromatic nitrogens is 1. The molecular formula is C19H19ClF3N4O. The summed E-state index contributed by atoms with van der Waals surface area (Å²) in [5.41, 5.74) is 5.08. The van der Waals surface area contributed by atoms with Crippen molar-refractivity contribution >= 4 is 23.3 Å². The summed E-state index contributed by atoms with van der Waals surface area (Å²) in [6, 6.07) is 9.45. The number of hydrogen-bond donors (Lipinski definition) is 1. The standard InChI is InChI=1S/C19H19ClF3N4O/c20-15-6-5-14(19(21,22)23)11-13(15)12-26-7-2-8-27(10-9-26)17-4-1-3-16(25-17)18(24)28/h1,4-6,11H,2,7-10,12H2,(H2,24,28). The molecule has 0 aliphatic carbocycles. The quantitative estimate of drug-likeness (QED) is 0.838. The summed E-state index contributed by atoms with van der Waals surface area (Å²) in [5.74, 6) is -0.0102. The summed E-state index contributed by atoms with van der Waals surface area (Å²) in [7, 11) is 0. The zero-order valence-electron chi connectivity index (χ0n) is 15.0. The zero-order valence-corrected chi connectivity index (χ0v) is 15.7. The number of nitrogens with two attached hydrogens (primary N) is 1. The smallest absolute Gasteiger partial charge is 0.364 e. The molecule has 0 unspecified atom stereocenters. The van der Waals surface area contributed by atoms with Gasteiger partial charge < -0.3 is 10.6 Å². The van der Waals surface area contributed by atoms with Gasteiger partial charge in [0.1, 0.15) is 11.5 Å². The Labute approximate surface area is 165 Å². The number of carbonyl (C=O) groups excluding carboxylic acids is 1. The average Bonchev–Trinajstić information content (AvgIpc) is 2.88. The molecule has 28 heavy (non-hydrogen) atoms. The first-order chi connectivity index (χ1) is 13.2. The third-order valence-electron chi connectivity index (χ3n) is 4.59. The van der Waals surface area contributed by atoms with Crippen LogP contribution in [0.5, 0.6) is 0 Å². The minimum absolute atomic E-state index is 0.0781. The second-order valence-electron chi connectivity index (χ2n) is 6.58. The molecule has 1 aromatic heterocycles. The van der Waals surface area contributed by atoms with Crippen LogP contribution in [0.4, 0.5) is 19.0 Å². The van der Waals surface area contributed by atoms with Crippen molar-refractivity contribution in [3.05, 3.63) is 58.2 Å². The molecule has 149 valence electrons. The van der Waals surface area contributed by atoms with E-state index in [4.69, 9.17) is 17.3 Å². The van der Waals surface area contributed by atoms with Gasteiger partial charge in [0.25, 0.3) is 5.91 Å². The summed E-state index contributed by atoms with van der Waals surface area (Å²) < 4.78 is 38.9. The van der Waals surface area contributed by atoms with E-state index in [1.807, 2.05) is 4.90 Å². The van der Waals surface area contributed by atoms with Crippen molar-refractivity contribution in [1.29, 1.82) is 0 Å². The zero-order chi connectivity index (χ0) is 20.3. The molecule has 0 spiro atoms. The van der Waals surface area contributed by atoms with E-state index in [-0.39, 0.29) is 5.69 Å². The first-order valence-electron chi connectivity index (χ1n) is 8.75. The molecule has 1 aliphatic rings. The normalized spacial score (nSPS) is 16.1. The summed E-state index contributed by atoms with van der Waals surface area (Å²) >= 11 is 6.12. The molecule has 2 heterocycles. The lowest BCUT2D eigenvalue weighted by atomic mass is 10.1. The number of benzene rings is 1. The number of hydrogen-bond acceptors (Lipinski definition) is 4. The van der Waals surface area contributed by atoms with E-state index in [0.29, 0.717) is 49.1 Å². The van der Waals surface area contributed by atoms with Crippen LogP contribution >= 0.6 is 11.6 Å². The minimum atomic E-state index is -4.40. The first-order valence-corrected chi connectivity index (χ1v) is 9.13. The van der Waals surface area contributed by atoms with Crippen LogP contribution in [0.25, 0.3) is 0 Å². The number of carbonyl (C=O) groups is 1. The number of anilines is 1. The van der Waals surface area contributed by atoms with Gasteiger partial charge in [-0.05, 0) is 42.3 Å². The van der Waals surface area contributed by atoms with E-state index in [1.165, 1.54) is 6.07 Å². The van der Waals surface area contributed by atoms with Crippen LogP contribution in [0, 0.1) is 6.07 Å². The van der Waals surface area contributed by atoms with Crippen molar-refractivity contribution in [1.82, 2.24) is 9.88 Å². The highest BCUT2D eigenvalue weighted by Gasteiger charge is 2.31. The maximum absolute atomic E-state index is 13.0. The second kappa shape index (κ2) is 8.36. The van der Waals surface area contributed by atoms with Crippen LogP contribution in [-0.4, -0.2) is 42.0 Å². The highest BCUT2D eigenvalue weighted by atomic mass is 35.5. The fourth-order valence-corrected chi connectivity index (χ4v) is 3.33. The molecule has 3 rings (SSSR count). The van der Waals surface area contributed by atoms with Crippen molar-refractivity contribution in [3.63, 3.8) is 0 Å². The van der Waals surface area contributed by atoms with E-state index in [2.05, 4.69) is 16.0 Å². The Morgan fingerprint density at radius 2 is 2.00 bits per heavy atom. The van der Waals surface area contributed by atoms with Crippen LogP contribution in [-0.2, 0) is 12.7 Å². The number of amides is 1. The van der Waals surface area contributed by atoms with Crippen LogP contribution in [0.2, 0.25) is 5.02 Å². The second-order valence-corrected chi connectivity index (χ2v) is 6.99. The van der Waals surface area contributed by atoms with Crippen molar-refractivity contribution in [2.24, 2.45) is 5.73 Å². The van der Waals surface area contributed by atoms with E-state index in [9.17, 15) is 18.0 Å². The lowest BCUT2D eigenvalue weighted by molar-refractivity contribution is -0.137. The summed E-state index contributed by atoms with van der Waals surface area (Å²) in [4.78, 5) is 19.6. The number of pyridine rings is 1. The Hall–Kier alpha value is -2.32. The van der Waals surface area contributed by atoms with Gasteiger partial charge in [-0.2, -0.15) is 13.2 Å². The average molecular weight is 412 g/mol. The minimum Gasteiger partial charge on any atom is -0.364 e. The summed E-state index contributed by atoms with van der Waals surface area (Å²) in [5, 5.41) is 0.320. The number of primary amides is 1. The summed E-state index contributed by atoms with van der Waals surface area (Å²) in [6.45, 7) is 3.00. The van der Waals surface area contributed by atoms with Gasteiger partial charge in [-0.15, -0.1) is 0 Å². The molecule has 1 aliphatic heterocycles. The van der Waals surface area contributed by atoms with Gasteiger partial charge in [0.2, 0.25) is 0 Å². The van der Waals surface area contributed by atoms with E-state index in [1.54, 1.807) is 12.1 Å².